The third-order valence-corrected chi connectivity index (χ3v) is 5.94. The SMILES string of the molecule is CC1CCCCN1S(=O)(=O)N1CCC(O)CC1. The molecule has 0 radical (unpaired) electrons. The number of aliphatic hydroxyl groups excluding tert-OH is 1. The van der Waals surface area contributed by atoms with Crippen LogP contribution in [0.3, 0.4) is 0 Å². The first-order chi connectivity index (χ1) is 8.01. The third kappa shape index (κ3) is 2.81. The van der Waals surface area contributed by atoms with Gasteiger partial charge in [-0.25, -0.2) is 0 Å². The Hall–Kier alpha value is -0.170. The highest BCUT2D eigenvalue weighted by Crippen LogP contribution is 2.24. The van der Waals surface area contributed by atoms with Crippen LogP contribution < -0.4 is 0 Å². The molecule has 0 aromatic rings. The predicted molar refractivity (Wildman–Crippen MR) is 65.8 cm³/mol. The molecule has 6 heteroatoms. The second kappa shape index (κ2) is 5.22. The van der Waals surface area contributed by atoms with E-state index in [0.717, 1.165) is 19.3 Å². The lowest BCUT2D eigenvalue weighted by Crippen LogP contribution is -2.52. The van der Waals surface area contributed by atoms with Gasteiger partial charge in [0, 0.05) is 25.7 Å². The first-order valence-corrected chi connectivity index (χ1v) is 7.86. The fourth-order valence-electron chi connectivity index (χ4n) is 2.64. The molecule has 2 heterocycles. The van der Waals surface area contributed by atoms with Gasteiger partial charge in [0.05, 0.1) is 6.10 Å². The van der Waals surface area contributed by atoms with E-state index in [1.54, 1.807) is 4.31 Å². The van der Waals surface area contributed by atoms with E-state index < -0.39 is 10.2 Å². The average Bonchev–Trinajstić information content (AvgIpc) is 2.30. The number of nitrogens with zero attached hydrogens (tertiary/aromatic N) is 2. The van der Waals surface area contributed by atoms with Crippen LogP contribution in [0.15, 0.2) is 0 Å². The highest BCUT2D eigenvalue weighted by Gasteiger charge is 2.35. The quantitative estimate of drug-likeness (QED) is 0.791. The second-order valence-corrected chi connectivity index (χ2v) is 6.97. The summed E-state index contributed by atoms with van der Waals surface area (Å²) in [5.74, 6) is 0. The van der Waals surface area contributed by atoms with Crippen molar-refractivity contribution in [2.75, 3.05) is 19.6 Å². The lowest BCUT2D eigenvalue weighted by molar-refractivity contribution is 0.108. The largest absolute Gasteiger partial charge is 0.393 e. The molecule has 17 heavy (non-hydrogen) atoms. The van der Waals surface area contributed by atoms with Gasteiger partial charge in [-0.3, -0.25) is 0 Å². The molecule has 1 atom stereocenters. The summed E-state index contributed by atoms with van der Waals surface area (Å²) in [5, 5.41) is 9.42. The minimum atomic E-state index is -3.30. The fraction of sp³-hybridized carbons (Fsp3) is 1.00. The number of piperidine rings is 2. The number of aliphatic hydroxyl groups is 1. The molecule has 2 aliphatic rings. The van der Waals surface area contributed by atoms with E-state index in [-0.39, 0.29) is 12.1 Å². The third-order valence-electron chi connectivity index (χ3n) is 3.79. The van der Waals surface area contributed by atoms with Crippen molar-refractivity contribution in [2.24, 2.45) is 0 Å². The molecule has 5 nitrogen and oxygen atoms in total. The molecule has 2 fully saturated rings. The highest BCUT2D eigenvalue weighted by molar-refractivity contribution is 7.86. The van der Waals surface area contributed by atoms with Crippen molar-refractivity contribution in [1.82, 2.24) is 8.61 Å². The molecule has 0 aliphatic carbocycles. The molecule has 0 aromatic heterocycles. The summed E-state index contributed by atoms with van der Waals surface area (Å²) in [7, 11) is -3.30. The molecule has 1 unspecified atom stereocenters. The van der Waals surface area contributed by atoms with Crippen LogP contribution in [0.25, 0.3) is 0 Å². The molecule has 0 saturated carbocycles. The summed E-state index contributed by atoms with van der Waals surface area (Å²) in [6.07, 6.45) is 3.81. The Morgan fingerprint density at radius 2 is 1.71 bits per heavy atom. The van der Waals surface area contributed by atoms with E-state index >= 15 is 0 Å². The van der Waals surface area contributed by atoms with E-state index in [1.165, 1.54) is 4.31 Å². The first-order valence-electron chi connectivity index (χ1n) is 6.47. The van der Waals surface area contributed by atoms with Gasteiger partial charge in [0.1, 0.15) is 0 Å². The van der Waals surface area contributed by atoms with Gasteiger partial charge in [-0.1, -0.05) is 6.42 Å². The Morgan fingerprint density at radius 3 is 2.29 bits per heavy atom. The second-order valence-electron chi connectivity index (χ2n) is 5.09. The molecular weight excluding hydrogens is 240 g/mol. The van der Waals surface area contributed by atoms with Crippen LogP contribution in [0.4, 0.5) is 0 Å². The summed E-state index contributed by atoms with van der Waals surface area (Å²) in [5.41, 5.74) is 0. The zero-order valence-corrected chi connectivity index (χ0v) is 11.2. The lowest BCUT2D eigenvalue weighted by Gasteiger charge is -2.38. The highest BCUT2D eigenvalue weighted by atomic mass is 32.2. The Kier molecular flexibility index (Phi) is 4.07. The molecule has 100 valence electrons. The first kappa shape index (κ1) is 13.3. The molecule has 1 N–H and O–H groups in total. The molecule has 0 amide bonds. The van der Waals surface area contributed by atoms with Crippen molar-refractivity contribution in [3.8, 4) is 0 Å². The summed E-state index contributed by atoms with van der Waals surface area (Å²) in [6.45, 7) is 3.53. The minimum absolute atomic E-state index is 0.112. The van der Waals surface area contributed by atoms with Gasteiger partial charge in [-0.05, 0) is 32.6 Å². The van der Waals surface area contributed by atoms with E-state index in [9.17, 15) is 13.5 Å². The lowest BCUT2D eigenvalue weighted by atomic mass is 10.1. The summed E-state index contributed by atoms with van der Waals surface area (Å²) >= 11 is 0. The van der Waals surface area contributed by atoms with Gasteiger partial charge in [0.25, 0.3) is 10.2 Å². The Morgan fingerprint density at radius 1 is 1.06 bits per heavy atom. The Balaban J connectivity index is 2.07. The van der Waals surface area contributed by atoms with Crippen LogP contribution >= 0.6 is 0 Å². The van der Waals surface area contributed by atoms with Crippen molar-refractivity contribution in [3.63, 3.8) is 0 Å². The van der Waals surface area contributed by atoms with E-state index in [2.05, 4.69) is 0 Å². The molecule has 0 bridgehead atoms. The van der Waals surface area contributed by atoms with Crippen LogP contribution in [0.2, 0.25) is 0 Å². The Labute approximate surface area is 104 Å². The molecule has 0 spiro atoms. The number of hydrogen-bond donors (Lipinski definition) is 1. The zero-order valence-electron chi connectivity index (χ0n) is 10.4. The minimum Gasteiger partial charge on any atom is -0.393 e. The Bertz CT molecular complexity index is 350. The maximum atomic E-state index is 12.4. The van der Waals surface area contributed by atoms with Crippen LogP contribution in [0.5, 0.6) is 0 Å². The molecular formula is C11H22N2O3S. The van der Waals surface area contributed by atoms with Gasteiger partial charge >= 0.3 is 0 Å². The molecule has 2 saturated heterocycles. The van der Waals surface area contributed by atoms with Gasteiger partial charge in [0.2, 0.25) is 0 Å². The van der Waals surface area contributed by atoms with Crippen molar-refractivity contribution < 1.29 is 13.5 Å². The predicted octanol–water partition coefficient (Wildman–Crippen LogP) is 0.562. The molecule has 2 aliphatic heterocycles. The molecule has 0 aromatic carbocycles. The number of rotatable bonds is 2. The monoisotopic (exact) mass is 262 g/mol. The summed E-state index contributed by atoms with van der Waals surface area (Å²) < 4.78 is 28.0. The van der Waals surface area contributed by atoms with Crippen LogP contribution in [0.1, 0.15) is 39.0 Å². The summed E-state index contributed by atoms with van der Waals surface area (Å²) in [4.78, 5) is 0. The van der Waals surface area contributed by atoms with E-state index in [0.29, 0.717) is 32.5 Å². The van der Waals surface area contributed by atoms with Crippen molar-refractivity contribution in [1.29, 1.82) is 0 Å². The van der Waals surface area contributed by atoms with Gasteiger partial charge < -0.3 is 5.11 Å². The topological polar surface area (TPSA) is 60.9 Å². The average molecular weight is 262 g/mol. The van der Waals surface area contributed by atoms with Gasteiger partial charge in [0.15, 0.2) is 0 Å². The molecule has 2 rings (SSSR count). The van der Waals surface area contributed by atoms with Gasteiger partial charge in [-0.15, -0.1) is 0 Å². The van der Waals surface area contributed by atoms with Crippen LogP contribution in [-0.4, -0.2) is 53.9 Å². The van der Waals surface area contributed by atoms with Crippen LogP contribution in [-0.2, 0) is 10.2 Å². The normalized spacial score (nSPS) is 30.6. The van der Waals surface area contributed by atoms with Gasteiger partial charge in [-0.2, -0.15) is 17.0 Å². The van der Waals surface area contributed by atoms with Crippen LogP contribution in [0, 0.1) is 0 Å². The standard InChI is InChI=1S/C11H22N2O3S/c1-10-4-2-3-7-13(10)17(15,16)12-8-5-11(14)6-9-12/h10-11,14H,2-9H2,1H3. The van der Waals surface area contributed by atoms with E-state index in [4.69, 9.17) is 0 Å². The summed E-state index contributed by atoms with van der Waals surface area (Å²) in [6, 6.07) is 0.112. The van der Waals surface area contributed by atoms with Crippen molar-refractivity contribution in [3.05, 3.63) is 0 Å². The van der Waals surface area contributed by atoms with Crippen molar-refractivity contribution in [2.45, 2.75) is 51.2 Å². The fourth-order valence-corrected chi connectivity index (χ4v) is 4.52. The zero-order chi connectivity index (χ0) is 12.5. The smallest absolute Gasteiger partial charge is 0.282 e. The number of hydrogen-bond acceptors (Lipinski definition) is 3. The maximum absolute atomic E-state index is 12.4. The maximum Gasteiger partial charge on any atom is 0.282 e. The van der Waals surface area contributed by atoms with Crippen molar-refractivity contribution >= 4 is 10.2 Å². The van der Waals surface area contributed by atoms with E-state index in [1.807, 2.05) is 6.92 Å².